The number of rotatable bonds is 3. The lowest BCUT2D eigenvalue weighted by Crippen LogP contribution is -2.42. The van der Waals surface area contributed by atoms with Crippen LogP contribution in [0, 0.1) is 12.7 Å². The number of hydrogen-bond donors (Lipinski definition) is 4. The summed E-state index contributed by atoms with van der Waals surface area (Å²) in [5.74, 6) is 0.414. The van der Waals surface area contributed by atoms with Crippen LogP contribution in [0.2, 0.25) is 0 Å². The van der Waals surface area contributed by atoms with Gasteiger partial charge in [-0.15, -0.1) is 0 Å². The Labute approximate surface area is 184 Å². The zero-order valence-corrected chi connectivity index (χ0v) is 17.9. The molecule has 0 atom stereocenters. The van der Waals surface area contributed by atoms with Crippen molar-refractivity contribution in [1.29, 1.82) is 0 Å². The maximum atomic E-state index is 14.9. The molecule has 0 aliphatic carbocycles. The Hall–Kier alpha value is -3.15. The van der Waals surface area contributed by atoms with Crippen molar-refractivity contribution in [2.45, 2.75) is 13.0 Å². The highest BCUT2D eigenvalue weighted by atomic mass is 32.3. The van der Waals surface area contributed by atoms with Crippen molar-refractivity contribution in [1.82, 2.24) is 9.97 Å². The average Bonchev–Trinajstić information content (AvgIpc) is 2.73. The van der Waals surface area contributed by atoms with Gasteiger partial charge in [-0.2, -0.15) is 10.6 Å². The molecule has 1 fully saturated rings. The van der Waals surface area contributed by atoms with E-state index in [1.807, 2.05) is 6.92 Å². The second kappa shape index (κ2) is 7.76. The van der Waals surface area contributed by atoms with Gasteiger partial charge < -0.3 is 14.8 Å². The predicted molar refractivity (Wildman–Crippen MR) is 120 cm³/mol. The second-order valence-electron chi connectivity index (χ2n) is 7.79. The van der Waals surface area contributed by atoms with E-state index < -0.39 is 28.6 Å². The third kappa shape index (κ3) is 3.90. The van der Waals surface area contributed by atoms with Crippen molar-refractivity contribution in [2.24, 2.45) is 0 Å². The largest absolute Gasteiger partial charge is 0.474 e. The lowest BCUT2D eigenvalue weighted by molar-refractivity contribution is 0.121. The molecule has 32 heavy (non-hydrogen) atoms. The fourth-order valence-electron chi connectivity index (χ4n) is 3.83. The normalized spacial score (nSPS) is 18.0. The van der Waals surface area contributed by atoms with Crippen molar-refractivity contribution >= 4 is 39.0 Å². The van der Waals surface area contributed by atoms with Crippen molar-refractivity contribution in [3.63, 3.8) is 0 Å². The highest BCUT2D eigenvalue weighted by Gasteiger charge is 2.36. The summed E-state index contributed by atoms with van der Waals surface area (Å²) < 4.78 is 44.4. The molecule has 168 valence electrons. The lowest BCUT2D eigenvalue weighted by atomic mass is 9.98. The SMILES string of the molecule is Cc1c(-c2cc3cc(NC(=O)OC4CS(O)(O)C4)ncc3cc2F)cnc2c1NCCO2. The third-order valence-electron chi connectivity index (χ3n) is 5.45. The van der Waals surface area contributed by atoms with Crippen LogP contribution in [0.5, 0.6) is 5.88 Å². The number of carbonyl (C=O) groups excluding carboxylic acids is 1. The Bertz CT molecular complexity index is 1230. The van der Waals surface area contributed by atoms with Gasteiger partial charge in [0.15, 0.2) is 0 Å². The van der Waals surface area contributed by atoms with Crippen molar-refractivity contribution in [3.05, 3.63) is 42.0 Å². The number of hydrogen-bond acceptors (Lipinski definition) is 8. The molecule has 11 heteroatoms. The van der Waals surface area contributed by atoms with Gasteiger partial charge in [-0.25, -0.2) is 19.2 Å². The highest BCUT2D eigenvalue weighted by Crippen LogP contribution is 2.49. The van der Waals surface area contributed by atoms with Gasteiger partial charge in [0, 0.05) is 35.5 Å². The topological polar surface area (TPSA) is 126 Å². The van der Waals surface area contributed by atoms with Gasteiger partial charge in [0.25, 0.3) is 0 Å². The fourth-order valence-corrected chi connectivity index (χ4v) is 5.06. The molecule has 2 aliphatic rings. The molecule has 0 bridgehead atoms. The zero-order valence-electron chi connectivity index (χ0n) is 17.1. The number of fused-ring (bicyclic) bond motifs is 2. The maximum Gasteiger partial charge on any atom is 0.413 e. The van der Waals surface area contributed by atoms with E-state index in [1.54, 1.807) is 18.3 Å². The number of nitrogens with one attached hydrogen (secondary N) is 2. The summed E-state index contributed by atoms with van der Waals surface area (Å²) in [5.41, 5.74) is 2.59. The number of nitrogens with zero attached hydrogens (tertiary/aromatic N) is 2. The van der Waals surface area contributed by atoms with Gasteiger partial charge in [0.05, 0.1) is 11.5 Å². The summed E-state index contributed by atoms with van der Waals surface area (Å²) >= 11 is 0. The van der Waals surface area contributed by atoms with Crippen LogP contribution in [-0.2, 0) is 4.74 Å². The number of ether oxygens (including phenoxy) is 2. The lowest BCUT2D eigenvalue weighted by Gasteiger charge is -2.45. The number of pyridine rings is 2. The second-order valence-corrected chi connectivity index (χ2v) is 10.1. The van der Waals surface area contributed by atoms with E-state index in [9.17, 15) is 18.3 Å². The van der Waals surface area contributed by atoms with Crippen LogP contribution in [0.15, 0.2) is 30.6 Å². The quantitative estimate of drug-likeness (QED) is 0.458. The minimum absolute atomic E-state index is 0.0439. The monoisotopic (exact) mass is 460 g/mol. The third-order valence-corrected chi connectivity index (χ3v) is 7.26. The van der Waals surface area contributed by atoms with E-state index in [2.05, 4.69) is 20.6 Å². The number of carbonyl (C=O) groups is 1. The summed E-state index contributed by atoms with van der Waals surface area (Å²) in [6.07, 6.45) is 1.79. The molecule has 0 radical (unpaired) electrons. The molecule has 9 nitrogen and oxygen atoms in total. The van der Waals surface area contributed by atoms with Gasteiger partial charge in [-0.1, -0.05) is 0 Å². The molecule has 2 aromatic heterocycles. The summed E-state index contributed by atoms with van der Waals surface area (Å²) in [6, 6.07) is 4.70. The Morgan fingerprint density at radius 2 is 2.03 bits per heavy atom. The summed E-state index contributed by atoms with van der Waals surface area (Å²) in [4.78, 5) is 20.5. The number of amides is 1. The van der Waals surface area contributed by atoms with Gasteiger partial charge in [0.1, 0.15) is 30.0 Å². The summed E-state index contributed by atoms with van der Waals surface area (Å²) in [5, 5.41) is 7.02. The molecule has 5 rings (SSSR count). The number of anilines is 2. The number of halogens is 1. The van der Waals surface area contributed by atoms with E-state index in [4.69, 9.17) is 9.47 Å². The van der Waals surface area contributed by atoms with E-state index in [0.717, 1.165) is 11.3 Å². The van der Waals surface area contributed by atoms with E-state index in [-0.39, 0.29) is 17.3 Å². The predicted octanol–water partition coefficient (Wildman–Crippen LogP) is 4.23. The van der Waals surface area contributed by atoms with E-state index in [0.29, 0.717) is 40.9 Å². The van der Waals surface area contributed by atoms with Gasteiger partial charge in [-0.3, -0.25) is 14.4 Å². The minimum atomic E-state index is -2.60. The molecular weight excluding hydrogens is 439 g/mol. The van der Waals surface area contributed by atoms with Crippen LogP contribution in [0.4, 0.5) is 20.7 Å². The van der Waals surface area contributed by atoms with Crippen molar-refractivity contribution in [3.8, 4) is 17.0 Å². The Kier molecular flexibility index (Phi) is 5.03. The van der Waals surface area contributed by atoms with E-state index >= 15 is 0 Å². The molecule has 4 heterocycles. The van der Waals surface area contributed by atoms with E-state index in [1.165, 1.54) is 12.3 Å². The van der Waals surface area contributed by atoms with Gasteiger partial charge in [-0.05, 0) is 36.1 Å². The van der Waals surface area contributed by atoms with Crippen LogP contribution in [-0.4, -0.2) is 55.9 Å². The smallest absolute Gasteiger partial charge is 0.413 e. The van der Waals surface area contributed by atoms with Crippen molar-refractivity contribution < 1.29 is 27.8 Å². The Morgan fingerprint density at radius 3 is 2.81 bits per heavy atom. The van der Waals surface area contributed by atoms with Crippen LogP contribution in [0.3, 0.4) is 0 Å². The maximum absolute atomic E-state index is 14.9. The van der Waals surface area contributed by atoms with Crippen molar-refractivity contribution in [2.75, 3.05) is 35.3 Å². The molecule has 1 saturated heterocycles. The summed E-state index contributed by atoms with van der Waals surface area (Å²) in [7, 11) is -2.60. The summed E-state index contributed by atoms with van der Waals surface area (Å²) in [6.45, 7) is 3.05. The fraction of sp³-hybridized carbons (Fsp3) is 0.286. The van der Waals surface area contributed by atoms with Crippen LogP contribution in [0.25, 0.3) is 21.9 Å². The standard InChI is InChI=1S/C21H21FN4O5S/c1-11-16(8-25-20-19(11)23-2-3-30-20)15-4-12-6-18(24-7-13(12)5-17(15)22)26-21(27)31-14-9-32(28,29)10-14/h4-8,14,23,28-29H,2-3,9-10H2,1H3,(H,24,26,27). The first-order chi connectivity index (χ1) is 15.3. The molecular formula is C21H21FN4O5S. The Balaban J connectivity index is 1.42. The van der Waals surface area contributed by atoms with Gasteiger partial charge in [0.2, 0.25) is 5.88 Å². The highest BCUT2D eigenvalue weighted by molar-refractivity contribution is 8.25. The Morgan fingerprint density at radius 1 is 1.22 bits per heavy atom. The van der Waals surface area contributed by atoms with Gasteiger partial charge >= 0.3 is 6.09 Å². The molecule has 4 N–H and O–H groups in total. The number of benzene rings is 1. The van der Waals surface area contributed by atoms with Crippen LogP contribution >= 0.6 is 10.6 Å². The molecule has 0 spiro atoms. The first-order valence-corrected chi connectivity index (χ1v) is 11.8. The van der Waals surface area contributed by atoms with Crippen LogP contribution in [0.1, 0.15) is 5.56 Å². The number of aromatic nitrogens is 2. The first-order valence-electron chi connectivity index (χ1n) is 9.96. The minimum Gasteiger partial charge on any atom is -0.474 e. The molecule has 0 saturated carbocycles. The molecule has 1 aromatic carbocycles. The first kappa shape index (κ1) is 20.7. The molecule has 2 aliphatic heterocycles. The molecule has 3 aromatic rings. The molecule has 0 unspecified atom stereocenters. The molecule has 1 amide bonds. The zero-order chi connectivity index (χ0) is 22.5. The average molecular weight is 460 g/mol. The van der Waals surface area contributed by atoms with Crippen LogP contribution < -0.4 is 15.4 Å².